The second kappa shape index (κ2) is 7.09. The summed E-state index contributed by atoms with van der Waals surface area (Å²) in [6, 6.07) is 8.00. The highest BCUT2D eigenvalue weighted by molar-refractivity contribution is 7.09. The van der Waals surface area contributed by atoms with Gasteiger partial charge in [-0.25, -0.2) is 0 Å². The van der Waals surface area contributed by atoms with Crippen LogP contribution in [0.3, 0.4) is 0 Å². The molecule has 4 rings (SSSR count). The molecule has 0 unspecified atom stereocenters. The Labute approximate surface area is 151 Å². The van der Waals surface area contributed by atoms with E-state index in [1.165, 1.54) is 0 Å². The lowest BCUT2D eigenvalue weighted by molar-refractivity contribution is -0.132. The fraction of sp³-hybridized carbons (Fsp3) is 0.500. The summed E-state index contributed by atoms with van der Waals surface area (Å²) in [6.45, 7) is 4.22. The minimum absolute atomic E-state index is 0.00415. The number of carbonyl (C=O) groups excluding carboxylic acids is 1. The standard InChI is InChI=1S/C18H22N4O2S/c1-12-4-5-17(21-20-12)22-7-6-13-9-15(24-16(13)11-22)18(23)19-10-14-3-2-8-25-14/h2-5,8,13,15-16H,6-7,9-11H2,1H3,(H,19,23)/t13-,15-,16+/m1/s1. The molecule has 2 aromatic heterocycles. The van der Waals surface area contributed by atoms with Crippen molar-refractivity contribution in [2.45, 2.75) is 38.5 Å². The number of rotatable bonds is 4. The molecule has 0 aliphatic carbocycles. The van der Waals surface area contributed by atoms with Gasteiger partial charge in [0.2, 0.25) is 5.91 Å². The van der Waals surface area contributed by atoms with Gasteiger partial charge in [0.25, 0.3) is 0 Å². The first-order valence-corrected chi connectivity index (χ1v) is 9.58. The number of nitrogens with one attached hydrogen (secondary N) is 1. The Morgan fingerprint density at radius 3 is 3.08 bits per heavy atom. The molecule has 0 radical (unpaired) electrons. The van der Waals surface area contributed by atoms with E-state index in [0.717, 1.165) is 42.3 Å². The first-order valence-electron chi connectivity index (χ1n) is 8.70. The molecular formula is C18H22N4O2S. The molecule has 2 aliphatic heterocycles. The number of amides is 1. The minimum atomic E-state index is -0.334. The molecule has 6 nitrogen and oxygen atoms in total. The normalized spacial score (nSPS) is 25.6. The number of carbonyl (C=O) groups is 1. The molecule has 2 aromatic rings. The monoisotopic (exact) mass is 358 g/mol. The molecule has 0 aromatic carbocycles. The number of aromatic nitrogens is 2. The van der Waals surface area contributed by atoms with Gasteiger partial charge in [-0.3, -0.25) is 4.79 Å². The van der Waals surface area contributed by atoms with Crippen LogP contribution in [-0.4, -0.2) is 41.4 Å². The molecule has 0 bridgehead atoms. The summed E-state index contributed by atoms with van der Waals surface area (Å²) in [5.74, 6) is 1.34. The van der Waals surface area contributed by atoms with Crippen LogP contribution in [0.1, 0.15) is 23.4 Å². The predicted molar refractivity (Wildman–Crippen MR) is 96.5 cm³/mol. The maximum Gasteiger partial charge on any atom is 0.249 e. The Morgan fingerprint density at radius 2 is 2.32 bits per heavy atom. The van der Waals surface area contributed by atoms with Gasteiger partial charge in [0.1, 0.15) is 6.10 Å². The van der Waals surface area contributed by atoms with Crippen molar-refractivity contribution in [3.8, 4) is 0 Å². The predicted octanol–water partition coefficient (Wildman–Crippen LogP) is 2.15. The van der Waals surface area contributed by atoms with E-state index in [9.17, 15) is 4.79 Å². The first kappa shape index (κ1) is 16.5. The Balaban J connectivity index is 1.33. The molecule has 25 heavy (non-hydrogen) atoms. The highest BCUT2D eigenvalue weighted by atomic mass is 32.1. The van der Waals surface area contributed by atoms with Gasteiger partial charge in [-0.15, -0.1) is 16.4 Å². The number of hydrogen-bond acceptors (Lipinski definition) is 6. The highest BCUT2D eigenvalue weighted by Crippen LogP contribution is 2.34. The lowest BCUT2D eigenvalue weighted by atomic mass is 9.91. The third kappa shape index (κ3) is 3.67. The van der Waals surface area contributed by atoms with Crippen LogP contribution in [0.5, 0.6) is 0 Å². The number of hydrogen-bond donors (Lipinski definition) is 1. The molecule has 2 fully saturated rings. The smallest absolute Gasteiger partial charge is 0.249 e. The fourth-order valence-corrected chi connectivity index (χ4v) is 4.21. The van der Waals surface area contributed by atoms with E-state index in [2.05, 4.69) is 20.4 Å². The number of fused-ring (bicyclic) bond motifs is 1. The summed E-state index contributed by atoms with van der Waals surface area (Å²) in [4.78, 5) is 15.8. The van der Waals surface area contributed by atoms with Crippen LogP contribution >= 0.6 is 11.3 Å². The van der Waals surface area contributed by atoms with Crippen molar-refractivity contribution in [2.24, 2.45) is 5.92 Å². The zero-order valence-electron chi connectivity index (χ0n) is 14.2. The van der Waals surface area contributed by atoms with Crippen LogP contribution < -0.4 is 10.2 Å². The number of ether oxygens (including phenoxy) is 1. The van der Waals surface area contributed by atoms with Crippen LogP contribution in [0.2, 0.25) is 0 Å². The lowest BCUT2D eigenvalue weighted by Crippen LogP contribution is -2.43. The Bertz CT molecular complexity index is 719. The van der Waals surface area contributed by atoms with E-state index in [4.69, 9.17) is 4.74 Å². The fourth-order valence-electron chi connectivity index (χ4n) is 3.57. The molecule has 3 atom stereocenters. The van der Waals surface area contributed by atoms with Crippen molar-refractivity contribution in [3.63, 3.8) is 0 Å². The second-order valence-corrected chi connectivity index (χ2v) is 7.76. The highest BCUT2D eigenvalue weighted by Gasteiger charge is 2.42. The van der Waals surface area contributed by atoms with Crippen LogP contribution in [0.4, 0.5) is 5.82 Å². The summed E-state index contributed by atoms with van der Waals surface area (Å²) >= 11 is 1.65. The van der Waals surface area contributed by atoms with Crippen molar-refractivity contribution in [1.82, 2.24) is 15.5 Å². The SMILES string of the molecule is Cc1ccc(N2CC[C@@H]3C[C@H](C(=O)NCc4cccs4)O[C@H]3C2)nn1. The summed E-state index contributed by atoms with van der Waals surface area (Å²) in [7, 11) is 0. The Morgan fingerprint density at radius 1 is 1.40 bits per heavy atom. The molecule has 1 amide bonds. The second-order valence-electron chi connectivity index (χ2n) is 6.72. The van der Waals surface area contributed by atoms with Crippen molar-refractivity contribution in [3.05, 3.63) is 40.2 Å². The summed E-state index contributed by atoms with van der Waals surface area (Å²) < 4.78 is 6.07. The Hall–Kier alpha value is -1.99. The lowest BCUT2D eigenvalue weighted by Gasteiger charge is -2.34. The van der Waals surface area contributed by atoms with Crippen molar-refractivity contribution in [2.75, 3.05) is 18.0 Å². The van der Waals surface area contributed by atoms with Crippen molar-refractivity contribution >= 4 is 23.1 Å². The molecule has 132 valence electrons. The topological polar surface area (TPSA) is 67.4 Å². The van der Waals surface area contributed by atoms with E-state index >= 15 is 0 Å². The summed E-state index contributed by atoms with van der Waals surface area (Å²) in [6.07, 6.45) is 1.59. The molecule has 7 heteroatoms. The van der Waals surface area contributed by atoms with Gasteiger partial charge < -0.3 is 15.0 Å². The van der Waals surface area contributed by atoms with E-state index < -0.39 is 0 Å². The molecule has 0 saturated carbocycles. The molecule has 4 heterocycles. The van der Waals surface area contributed by atoms with Gasteiger partial charge in [0, 0.05) is 18.0 Å². The molecule has 2 aliphatic rings. The van der Waals surface area contributed by atoms with Gasteiger partial charge in [-0.2, -0.15) is 5.10 Å². The molecular weight excluding hydrogens is 336 g/mol. The molecule has 1 N–H and O–H groups in total. The summed E-state index contributed by atoms with van der Waals surface area (Å²) in [5, 5.41) is 13.4. The first-order chi connectivity index (χ1) is 12.2. The zero-order chi connectivity index (χ0) is 17.2. The third-order valence-electron chi connectivity index (χ3n) is 4.97. The number of aryl methyl sites for hydroxylation is 1. The molecule has 0 spiro atoms. The zero-order valence-corrected chi connectivity index (χ0v) is 15.0. The van der Waals surface area contributed by atoms with Crippen LogP contribution in [-0.2, 0) is 16.1 Å². The van der Waals surface area contributed by atoms with Crippen molar-refractivity contribution in [1.29, 1.82) is 0 Å². The number of nitrogens with zero attached hydrogens (tertiary/aromatic N) is 3. The maximum absolute atomic E-state index is 12.4. The molecule has 2 saturated heterocycles. The number of anilines is 1. The minimum Gasteiger partial charge on any atom is -0.363 e. The van der Waals surface area contributed by atoms with Gasteiger partial charge in [-0.1, -0.05) is 6.07 Å². The van der Waals surface area contributed by atoms with Crippen LogP contribution in [0.25, 0.3) is 0 Å². The van der Waals surface area contributed by atoms with E-state index in [-0.39, 0.29) is 18.1 Å². The number of thiophene rings is 1. The van der Waals surface area contributed by atoms with Crippen molar-refractivity contribution < 1.29 is 9.53 Å². The van der Waals surface area contributed by atoms with Crippen LogP contribution in [0.15, 0.2) is 29.6 Å². The van der Waals surface area contributed by atoms with Gasteiger partial charge >= 0.3 is 0 Å². The van der Waals surface area contributed by atoms with Gasteiger partial charge in [0.05, 0.1) is 18.3 Å². The number of piperidine rings is 1. The van der Waals surface area contributed by atoms with Gasteiger partial charge in [0.15, 0.2) is 5.82 Å². The van der Waals surface area contributed by atoms with Gasteiger partial charge in [-0.05, 0) is 49.3 Å². The average molecular weight is 358 g/mol. The quantitative estimate of drug-likeness (QED) is 0.907. The average Bonchev–Trinajstić information content (AvgIpc) is 3.29. The van der Waals surface area contributed by atoms with Crippen LogP contribution in [0, 0.1) is 12.8 Å². The van der Waals surface area contributed by atoms with E-state index in [0.29, 0.717) is 12.5 Å². The maximum atomic E-state index is 12.4. The van der Waals surface area contributed by atoms with E-state index in [1.54, 1.807) is 11.3 Å². The van der Waals surface area contributed by atoms with E-state index in [1.807, 2.05) is 36.6 Å². The Kier molecular flexibility index (Phi) is 4.67. The third-order valence-corrected chi connectivity index (χ3v) is 5.85. The largest absolute Gasteiger partial charge is 0.363 e. The summed E-state index contributed by atoms with van der Waals surface area (Å²) in [5.41, 5.74) is 0.915.